The van der Waals surface area contributed by atoms with Crippen LogP contribution >= 0.6 is 11.3 Å². The number of amides is 2. The fraction of sp³-hybridized carbons (Fsp3) is 0.444. The first kappa shape index (κ1) is 22.8. The van der Waals surface area contributed by atoms with E-state index in [0.717, 1.165) is 67.3 Å². The molecule has 2 fully saturated rings. The predicted octanol–water partition coefficient (Wildman–Crippen LogP) is 6.71. The van der Waals surface area contributed by atoms with Crippen LogP contribution in [0.3, 0.4) is 0 Å². The van der Waals surface area contributed by atoms with Crippen molar-refractivity contribution in [1.82, 2.24) is 4.98 Å². The smallest absolute Gasteiger partial charge is 0.227 e. The van der Waals surface area contributed by atoms with E-state index >= 15 is 0 Å². The number of anilines is 2. The number of fused-ring (bicyclic) bond motifs is 1. The summed E-state index contributed by atoms with van der Waals surface area (Å²) in [6, 6.07) is 10.9. The van der Waals surface area contributed by atoms with E-state index in [9.17, 15) is 14.7 Å². The topological polar surface area (TPSA) is 91.3 Å². The number of aromatic nitrogens is 1. The van der Waals surface area contributed by atoms with Gasteiger partial charge in [0.15, 0.2) is 0 Å². The molecule has 2 aromatic carbocycles. The fourth-order valence-corrected chi connectivity index (χ4v) is 6.15. The van der Waals surface area contributed by atoms with Gasteiger partial charge in [0.2, 0.25) is 11.8 Å². The minimum atomic E-state index is 0.0546. The van der Waals surface area contributed by atoms with Crippen LogP contribution < -0.4 is 10.6 Å². The molecule has 2 amide bonds. The fourth-order valence-electron chi connectivity index (χ4n) is 5.12. The second-order valence-corrected chi connectivity index (χ2v) is 10.6. The number of carbonyl (C=O) groups is 2. The first-order valence-corrected chi connectivity index (χ1v) is 13.2. The van der Waals surface area contributed by atoms with Gasteiger partial charge in [-0.1, -0.05) is 38.5 Å². The third-order valence-corrected chi connectivity index (χ3v) is 8.15. The molecule has 0 atom stereocenters. The summed E-state index contributed by atoms with van der Waals surface area (Å²) in [6.45, 7) is 0. The number of aromatic hydroxyl groups is 1. The van der Waals surface area contributed by atoms with Crippen LogP contribution in [0.4, 0.5) is 11.4 Å². The van der Waals surface area contributed by atoms with Gasteiger partial charge in [-0.15, -0.1) is 11.3 Å². The van der Waals surface area contributed by atoms with Crippen molar-refractivity contribution in [3.63, 3.8) is 0 Å². The van der Waals surface area contributed by atoms with E-state index in [2.05, 4.69) is 10.6 Å². The first-order chi connectivity index (χ1) is 16.6. The van der Waals surface area contributed by atoms with E-state index in [1.165, 1.54) is 24.2 Å². The van der Waals surface area contributed by atoms with Gasteiger partial charge in [-0.3, -0.25) is 9.59 Å². The van der Waals surface area contributed by atoms with Gasteiger partial charge in [-0.05, 0) is 62.1 Å². The molecular weight excluding hydrogens is 446 g/mol. The lowest BCUT2D eigenvalue weighted by molar-refractivity contribution is -0.121. The molecule has 1 heterocycles. The molecule has 0 bridgehead atoms. The summed E-state index contributed by atoms with van der Waals surface area (Å²) >= 11 is 1.46. The standard InChI is InChI=1S/C27H31N3O3S/c31-23-14-12-19(28-25(32)17-7-3-1-4-8-17)15-21(23)27-30-22-13-11-20(16-24(22)34-27)29-26(33)18-9-5-2-6-10-18/h11-18,31H,1-10H2,(H,28,32)(H,29,33). The Bertz CT molecular complexity index is 1190. The SMILES string of the molecule is O=C(Nc1ccc(O)c(-c2nc3ccc(NC(=O)C4CCCCC4)cc3s2)c1)C1CCCCC1. The Morgan fingerprint density at radius 3 is 1.97 bits per heavy atom. The number of nitrogens with zero attached hydrogens (tertiary/aromatic N) is 1. The normalized spacial score (nSPS) is 17.5. The van der Waals surface area contributed by atoms with Gasteiger partial charge in [0.1, 0.15) is 10.8 Å². The first-order valence-electron chi connectivity index (χ1n) is 12.4. The molecule has 5 rings (SSSR count). The molecule has 178 valence electrons. The summed E-state index contributed by atoms with van der Waals surface area (Å²) in [5, 5.41) is 17.3. The Labute approximate surface area is 203 Å². The molecule has 3 N–H and O–H groups in total. The molecule has 6 nitrogen and oxygen atoms in total. The number of hydrogen-bond donors (Lipinski definition) is 3. The maximum atomic E-state index is 12.7. The molecule has 7 heteroatoms. The maximum Gasteiger partial charge on any atom is 0.227 e. The lowest BCUT2D eigenvalue weighted by atomic mass is 9.88. The van der Waals surface area contributed by atoms with Crippen molar-refractivity contribution >= 4 is 44.7 Å². The minimum absolute atomic E-state index is 0.0546. The summed E-state index contributed by atoms with van der Waals surface area (Å²) < 4.78 is 0.937. The highest BCUT2D eigenvalue weighted by molar-refractivity contribution is 7.21. The summed E-state index contributed by atoms with van der Waals surface area (Å²) in [5.74, 6) is 0.447. The Kier molecular flexibility index (Phi) is 6.81. The highest BCUT2D eigenvalue weighted by Gasteiger charge is 2.23. The molecule has 0 saturated heterocycles. The molecule has 0 unspecified atom stereocenters. The van der Waals surface area contributed by atoms with Gasteiger partial charge in [-0.25, -0.2) is 4.98 Å². The van der Waals surface area contributed by atoms with Gasteiger partial charge in [0.25, 0.3) is 0 Å². The largest absolute Gasteiger partial charge is 0.507 e. The van der Waals surface area contributed by atoms with Crippen molar-refractivity contribution in [2.24, 2.45) is 11.8 Å². The van der Waals surface area contributed by atoms with Gasteiger partial charge in [0.05, 0.1) is 15.8 Å². The molecule has 3 aromatic rings. The second-order valence-electron chi connectivity index (χ2n) is 9.58. The van der Waals surface area contributed by atoms with Crippen LogP contribution in [0.5, 0.6) is 5.75 Å². The molecule has 1 aromatic heterocycles. The van der Waals surface area contributed by atoms with Crippen LogP contribution in [0.25, 0.3) is 20.8 Å². The number of benzene rings is 2. The Morgan fingerprint density at radius 1 is 0.794 bits per heavy atom. The highest BCUT2D eigenvalue weighted by atomic mass is 32.1. The number of thiazole rings is 1. The van der Waals surface area contributed by atoms with Crippen molar-refractivity contribution in [1.29, 1.82) is 0 Å². The molecule has 2 aliphatic carbocycles. The minimum Gasteiger partial charge on any atom is -0.507 e. The van der Waals surface area contributed by atoms with Crippen LogP contribution in [0, 0.1) is 11.8 Å². The number of carbonyl (C=O) groups excluding carboxylic acids is 2. The van der Waals surface area contributed by atoms with E-state index in [4.69, 9.17) is 4.98 Å². The number of phenols is 1. The number of nitrogens with one attached hydrogen (secondary N) is 2. The zero-order valence-electron chi connectivity index (χ0n) is 19.3. The summed E-state index contributed by atoms with van der Waals surface area (Å²) in [4.78, 5) is 30.0. The maximum absolute atomic E-state index is 12.7. The Morgan fingerprint density at radius 2 is 1.35 bits per heavy atom. The zero-order valence-corrected chi connectivity index (χ0v) is 20.1. The van der Waals surface area contributed by atoms with E-state index < -0.39 is 0 Å². The van der Waals surface area contributed by atoms with Crippen LogP contribution in [0.1, 0.15) is 64.2 Å². The van der Waals surface area contributed by atoms with Crippen molar-refractivity contribution in [3.05, 3.63) is 36.4 Å². The van der Waals surface area contributed by atoms with Gasteiger partial charge < -0.3 is 15.7 Å². The van der Waals surface area contributed by atoms with Gasteiger partial charge in [-0.2, -0.15) is 0 Å². The lowest BCUT2D eigenvalue weighted by Crippen LogP contribution is -2.24. The molecule has 2 aliphatic rings. The third kappa shape index (κ3) is 5.09. The predicted molar refractivity (Wildman–Crippen MR) is 137 cm³/mol. The molecule has 0 spiro atoms. The van der Waals surface area contributed by atoms with E-state index in [0.29, 0.717) is 16.3 Å². The molecule has 0 radical (unpaired) electrons. The molecular formula is C27H31N3O3S. The summed E-state index contributed by atoms with van der Waals surface area (Å²) in [7, 11) is 0. The van der Waals surface area contributed by atoms with Crippen molar-refractivity contribution in [2.45, 2.75) is 64.2 Å². The number of hydrogen-bond acceptors (Lipinski definition) is 5. The second kappa shape index (κ2) is 10.1. The van der Waals surface area contributed by atoms with E-state index in [-0.39, 0.29) is 29.4 Å². The quantitative estimate of drug-likeness (QED) is 0.356. The van der Waals surface area contributed by atoms with Crippen molar-refractivity contribution < 1.29 is 14.7 Å². The Balaban J connectivity index is 1.33. The third-order valence-electron chi connectivity index (χ3n) is 7.10. The lowest BCUT2D eigenvalue weighted by Gasteiger charge is -2.20. The average Bonchev–Trinajstić information content (AvgIpc) is 3.29. The summed E-state index contributed by atoms with van der Waals surface area (Å²) in [5.41, 5.74) is 2.85. The Hall–Kier alpha value is -2.93. The van der Waals surface area contributed by atoms with E-state index in [1.807, 2.05) is 18.2 Å². The van der Waals surface area contributed by atoms with Crippen LogP contribution in [-0.4, -0.2) is 21.9 Å². The van der Waals surface area contributed by atoms with Gasteiger partial charge in [0, 0.05) is 23.2 Å². The monoisotopic (exact) mass is 477 g/mol. The van der Waals surface area contributed by atoms with Crippen LogP contribution in [-0.2, 0) is 9.59 Å². The molecule has 0 aliphatic heterocycles. The van der Waals surface area contributed by atoms with Crippen LogP contribution in [0.15, 0.2) is 36.4 Å². The average molecular weight is 478 g/mol. The molecule has 34 heavy (non-hydrogen) atoms. The highest BCUT2D eigenvalue weighted by Crippen LogP contribution is 2.38. The van der Waals surface area contributed by atoms with Crippen molar-refractivity contribution in [3.8, 4) is 16.3 Å². The van der Waals surface area contributed by atoms with Crippen molar-refractivity contribution in [2.75, 3.05) is 10.6 Å². The zero-order chi connectivity index (χ0) is 23.5. The van der Waals surface area contributed by atoms with Gasteiger partial charge >= 0.3 is 0 Å². The van der Waals surface area contributed by atoms with E-state index in [1.54, 1.807) is 18.2 Å². The number of phenolic OH excluding ortho intramolecular Hbond substituents is 1. The number of rotatable bonds is 5. The van der Waals surface area contributed by atoms with Crippen LogP contribution in [0.2, 0.25) is 0 Å². The molecule has 2 saturated carbocycles. The summed E-state index contributed by atoms with van der Waals surface area (Å²) in [6.07, 6.45) is 10.7.